The van der Waals surface area contributed by atoms with Gasteiger partial charge >= 0.3 is 0 Å². The molecule has 0 radical (unpaired) electrons. The Labute approximate surface area is 192 Å². The van der Waals surface area contributed by atoms with Crippen molar-refractivity contribution in [3.8, 4) is 0 Å². The molecule has 3 aliphatic rings. The Balaban J connectivity index is 1.34. The Morgan fingerprint density at radius 3 is 2.52 bits per heavy atom. The average Bonchev–Trinajstić information content (AvgIpc) is 3.23. The number of benzene rings is 1. The molecule has 0 spiro atoms. The molecule has 174 valence electrons. The molecule has 1 aromatic carbocycles. The van der Waals surface area contributed by atoms with Crippen LogP contribution in [0.15, 0.2) is 24.3 Å². The van der Waals surface area contributed by atoms with Crippen molar-refractivity contribution in [3.63, 3.8) is 0 Å². The lowest BCUT2D eigenvalue weighted by atomic mass is 9.93. The number of nitrogens with one attached hydrogen (secondary N) is 2. The van der Waals surface area contributed by atoms with Crippen LogP contribution in [0.2, 0.25) is 5.02 Å². The number of piperidine rings is 1. The average molecular weight is 450 g/mol. The van der Waals surface area contributed by atoms with Gasteiger partial charge in [-0.2, -0.15) is 0 Å². The molecular weight excluding hydrogens is 410 g/mol. The van der Waals surface area contributed by atoms with E-state index < -0.39 is 0 Å². The van der Waals surface area contributed by atoms with Crippen LogP contribution in [-0.4, -0.2) is 90.4 Å². The molecule has 0 saturated carbocycles. The Morgan fingerprint density at radius 1 is 1.10 bits per heavy atom. The fourth-order valence-electron chi connectivity index (χ4n) is 5.78. The Morgan fingerprint density at radius 2 is 1.84 bits per heavy atom. The van der Waals surface area contributed by atoms with E-state index in [0.717, 1.165) is 44.2 Å². The van der Waals surface area contributed by atoms with Crippen LogP contribution < -0.4 is 10.9 Å². The Bertz CT molecular complexity index is 679. The van der Waals surface area contributed by atoms with Crippen LogP contribution in [-0.2, 0) is 0 Å². The first kappa shape index (κ1) is 23.4. The minimum atomic E-state index is 0.278. The van der Waals surface area contributed by atoms with Gasteiger partial charge in [-0.25, -0.2) is 5.43 Å². The summed E-state index contributed by atoms with van der Waals surface area (Å²) in [7, 11) is 0. The van der Waals surface area contributed by atoms with Gasteiger partial charge < -0.3 is 14.9 Å². The molecule has 6 nitrogen and oxygen atoms in total. The summed E-state index contributed by atoms with van der Waals surface area (Å²) in [6.07, 6.45) is 3.40. The molecule has 3 aliphatic heterocycles. The number of likely N-dealkylation sites (tertiary alicyclic amines) is 1. The highest BCUT2D eigenvalue weighted by Gasteiger charge is 2.36. The van der Waals surface area contributed by atoms with E-state index in [1.165, 1.54) is 31.5 Å². The molecule has 3 heterocycles. The van der Waals surface area contributed by atoms with E-state index >= 15 is 0 Å². The highest BCUT2D eigenvalue weighted by atomic mass is 35.5. The van der Waals surface area contributed by atoms with Crippen molar-refractivity contribution >= 4 is 11.6 Å². The zero-order chi connectivity index (χ0) is 21.8. The second-order valence-electron chi connectivity index (χ2n) is 9.84. The van der Waals surface area contributed by atoms with Crippen molar-refractivity contribution < 1.29 is 5.11 Å². The zero-order valence-corrected chi connectivity index (χ0v) is 19.9. The van der Waals surface area contributed by atoms with E-state index in [1.807, 2.05) is 12.1 Å². The van der Waals surface area contributed by atoms with E-state index in [2.05, 4.69) is 51.5 Å². The van der Waals surface area contributed by atoms with Crippen LogP contribution >= 0.6 is 11.6 Å². The van der Waals surface area contributed by atoms with Gasteiger partial charge in [0.05, 0.1) is 6.04 Å². The van der Waals surface area contributed by atoms with Gasteiger partial charge in [-0.15, -0.1) is 0 Å². The summed E-state index contributed by atoms with van der Waals surface area (Å²) in [5.41, 5.74) is 8.13. The van der Waals surface area contributed by atoms with Crippen LogP contribution in [0.3, 0.4) is 0 Å². The molecule has 3 saturated heterocycles. The molecule has 1 aromatic rings. The molecule has 0 amide bonds. The van der Waals surface area contributed by atoms with Crippen LogP contribution in [0.25, 0.3) is 0 Å². The highest BCUT2D eigenvalue weighted by Crippen LogP contribution is 2.29. The first-order valence-corrected chi connectivity index (χ1v) is 12.5. The largest absolute Gasteiger partial charge is 0.396 e. The minimum absolute atomic E-state index is 0.278. The normalized spacial score (nSPS) is 29.8. The summed E-state index contributed by atoms with van der Waals surface area (Å²) < 4.78 is 0. The monoisotopic (exact) mass is 449 g/mol. The maximum Gasteiger partial charge on any atom is 0.0515 e. The molecule has 31 heavy (non-hydrogen) atoms. The summed E-state index contributed by atoms with van der Waals surface area (Å²) in [4.78, 5) is 7.96. The minimum Gasteiger partial charge on any atom is -0.396 e. The summed E-state index contributed by atoms with van der Waals surface area (Å²) in [6.45, 7) is 12.7. The standard InChI is InChI=1S/C24H40ClN5O/c1-18(2)29-10-7-22(8-11-29)30-13-12-28(17-23(30)9-14-31)16-20-15-26-27-24(20)19-3-5-21(25)6-4-19/h3-6,18,20,22-24,26-27,31H,7-17H2,1-2H3. The predicted molar refractivity (Wildman–Crippen MR) is 127 cm³/mol. The quantitative estimate of drug-likeness (QED) is 0.594. The van der Waals surface area contributed by atoms with Gasteiger partial charge in [-0.05, 0) is 63.9 Å². The fraction of sp³-hybridized carbons (Fsp3) is 0.750. The van der Waals surface area contributed by atoms with Crippen LogP contribution in [0.1, 0.15) is 44.7 Å². The number of rotatable bonds is 7. The lowest BCUT2D eigenvalue weighted by molar-refractivity contribution is -0.00181. The second-order valence-corrected chi connectivity index (χ2v) is 10.3. The smallest absolute Gasteiger partial charge is 0.0515 e. The van der Waals surface area contributed by atoms with Gasteiger partial charge in [0.2, 0.25) is 0 Å². The molecule has 0 aromatic heterocycles. The summed E-state index contributed by atoms with van der Waals surface area (Å²) >= 11 is 6.09. The van der Waals surface area contributed by atoms with E-state index in [1.54, 1.807) is 0 Å². The lowest BCUT2D eigenvalue weighted by Crippen LogP contribution is -2.59. The van der Waals surface area contributed by atoms with E-state index in [4.69, 9.17) is 11.6 Å². The van der Waals surface area contributed by atoms with E-state index in [-0.39, 0.29) is 6.61 Å². The fourth-order valence-corrected chi connectivity index (χ4v) is 5.91. The number of aliphatic hydroxyl groups excluding tert-OH is 1. The van der Waals surface area contributed by atoms with Gasteiger partial charge in [-0.1, -0.05) is 23.7 Å². The summed E-state index contributed by atoms with van der Waals surface area (Å²) in [5.74, 6) is 0.525. The second kappa shape index (κ2) is 10.9. The number of nitrogens with zero attached hydrogens (tertiary/aromatic N) is 3. The van der Waals surface area contributed by atoms with Crippen LogP contribution in [0, 0.1) is 5.92 Å². The van der Waals surface area contributed by atoms with Gasteiger partial charge in [0, 0.05) is 68.4 Å². The first-order chi connectivity index (χ1) is 15.0. The van der Waals surface area contributed by atoms with Crippen molar-refractivity contribution in [3.05, 3.63) is 34.9 Å². The van der Waals surface area contributed by atoms with Gasteiger partial charge in [0.15, 0.2) is 0 Å². The van der Waals surface area contributed by atoms with E-state index in [0.29, 0.717) is 30.1 Å². The Kier molecular flexibility index (Phi) is 8.26. The molecule has 3 N–H and O–H groups in total. The molecule has 3 fully saturated rings. The van der Waals surface area contributed by atoms with Crippen molar-refractivity contribution in [1.29, 1.82) is 0 Å². The lowest BCUT2D eigenvalue weighted by Gasteiger charge is -2.48. The SMILES string of the molecule is CC(C)N1CCC(N2CCN(CC3CNNC3c3ccc(Cl)cc3)CC2CCO)CC1. The van der Waals surface area contributed by atoms with Gasteiger partial charge in [0.25, 0.3) is 0 Å². The molecule has 3 atom stereocenters. The topological polar surface area (TPSA) is 54.0 Å². The number of hydrogen-bond donors (Lipinski definition) is 3. The number of aliphatic hydroxyl groups is 1. The number of hydrogen-bond acceptors (Lipinski definition) is 6. The molecule has 0 bridgehead atoms. The molecule has 7 heteroatoms. The van der Waals surface area contributed by atoms with Crippen molar-refractivity contribution in [2.24, 2.45) is 5.92 Å². The molecule has 4 rings (SSSR count). The van der Waals surface area contributed by atoms with Crippen molar-refractivity contribution in [2.45, 2.75) is 57.3 Å². The van der Waals surface area contributed by atoms with Crippen LogP contribution in [0.4, 0.5) is 0 Å². The van der Waals surface area contributed by atoms with Gasteiger partial charge in [-0.3, -0.25) is 10.3 Å². The highest BCUT2D eigenvalue weighted by molar-refractivity contribution is 6.30. The summed E-state index contributed by atoms with van der Waals surface area (Å²) in [5, 5.41) is 10.5. The van der Waals surface area contributed by atoms with E-state index in [9.17, 15) is 5.11 Å². The van der Waals surface area contributed by atoms with Crippen LogP contribution in [0.5, 0.6) is 0 Å². The third-order valence-corrected chi connectivity index (χ3v) is 7.84. The van der Waals surface area contributed by atoms with Crippen molar-refractivity contribution in [1.82, 2.24) is 25.6 Å². The van der Waals surface area contributed by atoms with Gasteiger partial charge in [0.1, 0.15) is 0 Å². The third-order valence-electron chi connectivity index (χ3n) is 7.59. The number of halogens is 1. The maximum atomic E-state index is 9.75. The third kappa shape index (κ3) is 5.80. The zero-order valence-electron chi connectivity index (χ0n) is 19.1. The molecule has 3 unspecified atom stereocenters. The predicted octanol–water partition coefficient (Wildman–Crippen LogP) is 2.35. The molecular formula is C24H40ClN5O. The Hall–Kier alpha value is -0.730. The number of piperazine rings is 1. The number of hydrazine groups is 1. The van der Waals surface area contributed by atoms with Crippen molar-refractivity contribution in [2.75, 3.05) is 52.4 Å². The maximum absolute atomic E-state index is 9.75. The summed E-state index contributed by atoms with van der Waals surface area (Å²) in [6, 6.07) is 10.3. The molecule has 0 aliphatic carbocycles. The first-order valence-electron chi connectivity index (χ1n) is 12.1.